The van der Waals surface area contributed by atoms with Crippen molar-refractivity contribution in [1.29, 1.82) is 5.26 Å². The molecule has 3 aromatic rings. The Balaban J connectivity index is 2.21. The van der Waals surface area contributed by atoms with Crippen LogP contribution >= 0.6 is 11.6 Å². The van der Waals surface area contributed by atoms with Gasteiger partial charge in [0, 0.05) is 10.9 Å². The first kappa shape index (κ1) is 11.6. The first-order valence-corrected chi connectivity index (χ1v) is 5.94. The summed E-state index contributed by atoms with van der Waals surface area (Å²) >= 11 is 5.83. The van der Waals surface area contributed by atoms with Crippen LogP contribution in [0.4, 0.5) is 0 Å². The zero-order valence-electron chi connectivity index (χ0n) is 9.68. The van der Waals surface area contributed by atoms with E-state index in [1.807, 2.05) is 12.1 Å². The highest BCUT2D eigenvalue weighted by Gasteiger charge is 2.10. The molecule has 0 aliphatic rings. The van der Waals surface area contributed by atoms with Crippen molar-refractivity contribution in [2.24, 2.45) is 0 Å². The molecule has 92 valence electrons. The van der Waals surface area contributed by atoms with Gasteiger partial charge < -0.3 is 10.1 Å². The van der Waals surface area contributed by atoms with Crippen molar-refractivity contribution in [3.8, 4) is 23.2 Å². The predicted molar refractivity (Wildman–Crippen MR) is 72.9 cm³/mol. The van der Waals surface area contributed by atoms with Crippen LogP contribution in [0.3, 0.4) is 0 Å². The summed E-state index contributed by atoms with van der Waals surface area (Å²) in [4.78, 5) is 7.22. The van der Waals surface area contributed by atoms with Crippen molar-refractivity contribution < 1.29 is 5.11 Å². The topological polar surface area (TPSA) is 72.7 Å². The molecule has 3 rings (SSSR count). The Morgan fingerprint density at radius 2 is 2.05 bits per heavy atom. The molecule has 0 aliphatic heterocycles. The Morgan fingerprint density at radius 1 is 1.21 bits per heavy atom. The highest BCUT2D eigenvalue weighted by molar-refractivity contribution is 6.29. The molecule has 0 saturated carbocycles. The zero-order chi connectivity index (χ0) is 13.4. The van der Waals surface area contributed by atoms with Crippen molar-refractivity contribution in [2.45, 2.75) is 0 Å². The minimum absolute atomic E-state index is 0.0523. The largest absolute Gasteiger partial charge is 0.506 e. The number of fused-ring (bicyclic) bond motifs is 1. The van der Waals surface area contributed by atoms with E-state index >= 15 is 0 Å². The minimum atomic E-state index is 0.0523. The lowest BCUT2D eigenvalue weighted by Crippen LogP contribution is -1.84. The summed E-state index contributed by atoms with van der Waals surface area (Å²) in [5.74, 6) is 0.0523. The average molecular weight is 270 g/mol. The summed E-state index contributed by atoms with van der Waals surface area (Å²) in [6.45, 7) is 0. The van der Waals surface area contributed by atoms with E-state index in [0.29, 0.717) is 22.1 Å². The number of rotatable bonds is 1. The van der Waals surface area contributed by atoms with E-state index < -0.39 is 0 Å². The van der Waals surface area contributed by atoms with Crippen LogP contribution in [0, 0.1) is 11.3 Å². The first-order valence-electron chi connectivity index (χ1n) is 5.56. The molecule has 2 N–H and O–H groups in total. The van der Waals surface area contributed by atoms with Crippen molar-refractivity contribution in [2.75, 3.05) is 0 Å². The third kappa shape index (κ3) is 2.01. The lowest BCUT2D eigenvalue weighted by molar-refractivity contribution is 0.475. The predicted octanol–water partition coefficient (Wildman–Crippen LogP) is 3.46. The number of pyridine rings is 1. The molecular weight excluding hydrogens is 262 g/mol. The molecule has 0 amide bonds. The van der Waals surface area contributed by atoms with Gasteiger partial charge in [-0.05, 0) is 30.3 Å². The van der Waals surface area contributed by atoms with Crippen molar-refractivity contribution in [3.63, 3.8) is 0 Å². The van der Waals surface area contributed by atoms with Crippen LogP contribution in [0.1, 0.15) is 5.56 Å². The number of hydrogen-bond donors (Lipinski definition) is 2. The van der Waals surface area contributed by atoms with E-state index in [-0.39, 0.29) is 5.75 Å². The third-order valence-corrected chi connectivity index (χ3v) is 3.06. The SMILES string of the molecule is N#Cc1ccc2cc(-c3nc(Cl)ccc3O)[nH]c2c1. The van der Waals surface area contributed by atoms with Gasteiger partial charge in [-0.3, -0.25) is 0 Å². The van der Waals surface area contributed by atoms with Crippen molar-refractivity contribution >= 4 is 22.5 Å². The number of aromatic amines is 1. The fourth-order valence-electron chi connectivity index (χ4n) is 1.95. The number of hydrogen-bond acceptors (Lipinski definition) is 3. The molecule has 0 unspecified atom stereocenters. The summed E-state index contributed by atoms with van der Waals surface area (Å²) in [5.41, 5.74) is 2.44. The van der Waals surface area contributed by atoms with Gasteiger partial charge in [0.25, 0.3) is 0 Å². The maximum Gasteiger partial charge on any atom is 0.143 e. The van der Waals surface area contributed by atoms with Gasteiger partial charge in [0.1, 0.15) is 16.6 Å². The van der Waals surface area contributed by atoms with E-state index in [4.69, 9.17) is 16.9 Å². The monoisotopic (exact) mass is 269 g/mol. The van der Waals surface area contributed by atoms with Crippen LogP contribution < -0.4 is 0 Å². The van der Waals surface area contributed by atoms with Gasteiger partial charge in [0.05, 0.1) is 17.3 Å². The molecule has 1 aromatic carbocycles. The van der Waals surface area contributed by atoms with Crippen LogP contribution in [0.25, 0.3) is 22.3 Å². The summed E-state index contributed by atoms with van der Waals surface area (Å²) in [6.07, 6.45) is 0. The molecule has 5 heteroatoms. The molecule has 2 heterocycles. The highest BCUT2D eigenvalue weighted by Crippen LogP contribution is 2.30. The van der Waals surface area contributed by atoms with E-state index in [1.165, 1.54) is 12.1 Å². The maximum absolute atomic E-state index is 9.82. The Labute approximate surface area is 113 Å². The lowest BCUT2D eigenvalue weighted by Gasteiger charge is -2.01. The quantitative estimate of drug-likeness (QED) is 0.665. The number of aromatic hydroxyl groups is 1. The second-order valence-corrected chi connectivity index (χ2v) is 4.49. The average Bonchev–Trinajstić information content (AvgIpc) is 2.83. The smallest absolute Gasteiger partial charge is 0.143 e. The fourth-order valence-corrected chi connectivity index (χ4v) is 2.10. The summed E-state index contributed by atoms with van der Waals surface area (Å²) in [6, 6.07) is 12.3. The van der Waals surface area contributed by atoms with E-state index in [2.05, 4.69) is 16.0 Å². The molecule has 0 bridgehead atoms. The van der Waals surface area contributed by atoms with Crippen LogP contribution in [-0.2, 0) is 0 Å². The van der Waals surface area contributed by atoms with Gasteiger partial charge in [-0.15, -0.1) is 0 Å². The number of H-pyrrole nitrogens is 1. The van der Waals surface area contributed by atoms with Gasteiger partial charge in [-0.1, -0.05) is 17.7 Å². The molecule has 0 atom stereocenters. The molecule has 4 nitrogen and oxygen atoms in total. The third-order valence-electron chi connectivity index (χ3n) is 2.85. The van der Waals surface area contributed by atoms with Crippen molar-refractivity contribution in [3.05, 3.63) is 47.1 Å². The molecule has 0 saturated heterocycles. The lowest BCUT2D eigenvalue weighted by atomic mass is 10.2. The number of nitrogens with zero attached hydrogens (tertiary/aromatic N) is 2. The van der Waals surface area contributed by atoms with Crippen LogP contribution in [0.2, 0.25) is 5.15 Å². The fraction of sp³-hybridized carbons (Fsp3) is 0. The summed E-state index contributed by atoms with van der Waals surface area (Å²) < 4.78 is 0. The summed E-state index contributed by atoms with van der Waals surface area (Å²) in [5, 5.41) is 19.9. The first-order chi connectivity index (χ1) is 9.17. The Kier molecular flexibility index (Phi) is 2.62. The Bertz CT molecular complexity index is 817. The van der Waals surface area contributed by atoms with Crippen LogP contribution in [0.15, 0.2) is 36.4 Å². The van der Waals surface area contributed by atoms with Crippen molar-refractivity contribution in [1.82, 2.24) is 9.97 Å². The molecule has 0 spiro atoms. The Hall–Kier alpha value is -2.51. The molecule has 2 aromatic heterocycles. The van der Waals surface area contributed by atoms with Gasteiger partial charge in [-0.25, -0.2) is 4.98 Å². The molecule has 19 heavy (non-hydrogen) atoms. The minimum Gasteiger partial charge on any atom is -0.506 e. The van der Waals surface area contributed by atoms with E-state index in [1.54, 1.807) is 12.1 Å². The molecule has 0 fully saturated rings. The number of nitriles is 1. The van der Waals surface area contributed by atoms with E-state index in [0.717, 1.165) is 10.9 Å². The molecule has 0 radical (unpaired) electrons. The molecular formula is C14H8ClN3O. The number of nitrogens with one attached hydrogen (secondary N) is 1. The van der Waals surface area contributed by atoms with Gasteiger partial charge >= 0.3 is 0 Å². The number of aromatic nitrogens is 2. The zero-order valence-corrected chi connectivity index (χ0v) is 10.4. The van der Waals surface area contributed by atoms with Gasteiger partial charge in [0.15, 0.2) is 0 Å². The van der Waals surface area contributed by atoms with Crippen LogP contribution in [-0.4, -0.2) is 15.1 Å². The van der Waals surface area contributed by atoms with Crippen LogP contribution in [0.5, 0.6) is 5.75 Å². The maximum atomic E-state index is 9.82. The number of halogens is 1. The Morgan fingerprint density at radius 3 is 2.84 bits per heavy atom. The second-order valence-electron chi connectivity index (χ2n) is 4.10. The van der Waals surface area contributed by atoms with Gasteiger partial charge in [0.2, 0.25) is 0 Å². The standard InChI is InChI=1S/C14H8ClN3O/c15-13-4-3-12(19)14(18-13)11-6-9-2-1-8(7-16)5-10(9)17-11/h1-6,17,19H. The van der Waals surface area contributed by atoms with E-state index in [9.17, 15) is 5.11 Å². The number of benzene rings is 1. The summed E-state index contributed by atoms with van der Waals surface area (Å²) in [7, 11) is 0. The highest BCUT2D eigenvalue weighted by atomic mass is 35.5. The normalized spacial score (nSPS) is 10.5. The van der Waals surface area contributed by atoms with Gasteiger partial charge in [-0.2, -0.15) is 5.26 Å². The second kappa shape index (κ2) is 4.30. The molecule has 0 aliphatic carbocycles.